The Kier molecular flexibility index (Phi) is 3.74. The van der Waals surface area contributed by atoms with E-state index in [1.165, 1.54) is 6.07 Å². The van der Waals surface area contributed by atoms with Crippen molar-refractivity contribution in [3.63, 3.8) is 0 Å². The molecule has 0 saturated heterocycles. The van der Waals surface area contributed by atoms with Crippen LogP contribution in [0.4, 0.5) is 4.39 Å². The minimum atomic E-state index is -0.362. The number of hydrogen-bond acceptors (Lipinski definition) is 4. The highest BCUT2D eigenvalue weighted by Gasteiger charge is 2.15. The lowest BCUT2D eigenvalue weighted by molar-refractivity contribution is 0.494. The summed E-state index contributed by atoms with van der Waals surface area (Å²) in [7, 11) is 0. The van der Waals surface area contributed by atoms with Crippen LogP contribution < -0.4 is 11.3 Å². The quantitative estimate of drug-likeness (QED) is 0.617. The summed E-state index contributed by atoms with van der Waals surface area (Å²) in [5.74, 6) is 5.08. The number of halogens is 1. The summed E-state index contributed by atoms with van der Waals surface area (Å²) in [5, 5.41) is 0. The number of aromatic nitrogens is 2. The second-order valence-corrected chi connectivity index (χ2v) is 3.66. The molecule has 0 aliphatic heterocycles. The van der Waals surface area contributed by atoms with E-state index in [0.717, 1.165) is 5.56 Å². The Hall–Kier alpha value is -1.85. The van der Waals surface area contributed by atoms with Crippen molar-refractivity contribution >= 4 is 0 Å². The molecule has 2 aromatic heterocycles. The predicted molar refractivity (Wildman–Crippen MR) is 62.2 cm³/mol. The number of nitrogens with zero attached hydrogens (tertiary/aromatic N) is 2. The molecule has 3 N–H and O–H groups in total. The van der Waals surface area contributed by atoms with E-state index >= 15 is 0 Å². The average molecular weight is 232 g/mol. The van der Waals surface area contributed by atoms with Gasteiger partial charge in [-0.1, -0.05) is 6.07 Å². The van der Waals surface area contributed by atoms with Crippen LogP contribution in [0.1, 0.15) is 17.3 Å². The van der Waals surface area contributed by atoms with Gasteiger partial charge in [-0.15, -0.1) is 0 Å². The van der Waals surface area contributed by atoms with Gasteiger partial charge in [0.2, 0.25) is 0 Å². The topological polar surface area (TPSA) is 63.8 Å². The lowest BCUT2D eigenvalue weighted by atomic mass is 10.0. The van der Waals surface area contributed by atoms with Crippen LogP contribution in [0.3, 0.4) is 0 Å². The van der Waals surface area contributed by atoms with Gasteiger partial charge >= 0.3 is 0 Å². The molecule has 2 heterocycles. The van der Waals surface area contributed by atoms with E-state index in [-0.39, 0.29) is 11.9 Å². The highest BCUT2D eigenvalue weighted by atomic mass is 19.1. The fourth-order valence-electron chi connectivity index (χ4n) is 1.64. The van der Waals surface area contributed by atoms with Crippen LogP contribution in [0.5, 0.6) is 0 Å². The summed E-state index contributed by atoms with van der Waals surface area (Å²) in [6.45, 7) is 0. The lowest BCUT2D eigenvalue weighted by Gasteiger charge is -2.15. The van der Waals surface area contributed by atoms with Crippen molar-refractivity contribution < 1.29 is 4.39 Å². The molecule has 4 nitrogen and oxygen atoms in total. The number of nitrogens with one attached hydrogen (secondary N) is 1. The Labute approximate surface area is 98.7 Å². The van der Waals surface area contributed by atoms with Crippen LogP contribution in [0, 0.1) is 5.82 Å². The zero-order valence-electron chi connectivity index (χ0n) is 9.18. The first-order valence-electron chi connectivity index (χ1n) is 5.26. The first-order chi connectivity index (χ1) is 8.31. The molecule has 0 aliphatic carbocycles. The molecule has 5 heteroatoms. The molecular formula is C12H13FN4. The van der Waals surface area contributed by atoms with E-state index in [4.69, 9.17) is 5.84 Å². The molecule has 0 aromatic carbocycles. The van der Waals surface area contributed by atoms with E-state index in [1.807, 2.05) is 12.1 Å². The van der Waals surface area contributed by atoms with E-state index in [2.05, 4.69) is 15.4 Å². The van der Waals surface area contributed by atoms with Crippen LogP contribution in [0.2, 0.25) is 0 Å². The largest absolute Gasteiger partial charge is 0.271 e. The van der Waals surface area contributed by atoms with Crippen LogP contribution in [0.15, 0.2) is 42.9 Å². The minimum absolute atomic E-state index is 0.318. The Morgan fingerprint density at radius 1 is 1.29 bits per heavy atom. The molecule has 0 spiro atoms. The van der Waals surface area contributed by atoms with Gasteiger partial charge in [0.1, 0.15) is 5.82 Å². The van der Waals surface area contributed by atoms with Gasteiger partial charge in [0.15, 0.2) is 0 Å². The van der Waals surface area contributed by atoms with Gasteiger partial charge in [0, 0.05) is 18.6 Å². The normalized spacial score (nSPS) is 12.4. The molecule has 88 valence electrons. The molecule has 0 fully saturated rings. The Bertz CT molecular complexity index is 475. The van der Waals surface area contributed by atoms with Crippen LogP contribution >= 0.6 is 0 Å². The Balaban J connectivity index is 2.21. The summed E-state index contributed by atoms with van der Waals surface area (Å²) < 4.78 is 13.6. The van der Waals surface area contributed by atoms with Gasteiger partial charge in [-0.25, -0.2) is 4.39 Å². The zero-order valence-corrected chi connectivity index (χ0v) is 9.18. The van der Waals surface area contributed by atoms with E-state index < -0.39 is 0 Å². The second kappa shape index (κ2) is 5.47. The third-order valence-corrected chi connectivity index (χ3v) is 2.48. The zero-order chi connectivity index (χ0) is 12.1. The predicted octanol–water partition coefficient (Wildman–Crippen LogP) is 1.36. The Morgan fingerprint density at radius 3 is 2.76 bits per heavy atom. The maximum Gasteiger partial charge on any atom is 0.146 e. The fourth-order valence-corrected chi connectivity index (χ4v) is 1.64. The molecule has 2 rings (SSSR count). The van der Waals surface area contributed by atoms with Crippen molar-refractivity contribution in [1.82, 2.24) is 15.4 Å². The fraction of sp³-hybridized carbons (Fsp3) is 0.167. The molecule has 2 aromatic rings. The number of hydrazine groups is 1. The van der Waals surface area contributed by atoms with Crippen molar-refractivity contribution in [1.29, 1.82) is 0 Å². The monoisotopic (exact) mass is 232 g/mol. The summed E-state index contributed by atoms with van der Waals surface area (Å²) in [6.07, 6.45) is 5.51. The van der Waals surface area contributed by atoms with Gasteiger partial charge in [0.25, 0.3) is 0 Å². The molecule has 0 radical (unpaired) electrons. The van der Waals surface area contributed by atoms with Crippen molar-refractivity contribution in [2.75, 3.05) is 0 Å². The summed E-state index contributed by atoms with van der Waals surface area (Å²) in [5.41, 5.74) is 3.87. The van der Waals surface area contributed by atoms with Crippen LogP contribution in [-0.2, 0) is 6.42 Å². The number of nitrogens with two attached hydrogens (primary N) is 1. The van der Waals surface area contributed by atoms with E-state index in [0.29, 0.717) is 12.1 Å². The molecule has 0 amide bonds. The van der Waals surface area contributed by atoms with Gasteiger partial charge in [-0.3, -0.25) is 21.2 Å². The van der Waals surface area contributed by atoms with Crippen molar-refractivity contribution in [3.8, 4) is 0 Å². The van der Waals surface area contributed by atoms with E-state index in [9.17, 15) is 4.39 Å². The smallest absolute Gasteiger partial charge is 0.146 e. The van der Waals surface area contributed by atoms with Crippen LogP contribution in [-0.4, -0.2) is 9.97 Å². The molecular weight excluding hydrogens is 219 g/mol. The lowest BCUT2D eigenvalue weighted by Crippen LogP contribution is -2.31. The highest BCUT2D eigenvalue weighted by Crippen LogP contribution is 2.17. The first-order valence-corrected chi connectivity index (χ1v) is 5.26. The summed E-state index contributed by atoms with van der Waals surface area (Å²) in [6, 6.07) is 6.31. The van der Waals surface area contributed by atoms with Crippen molar-refractivity contribution in [2.24, 2.45) is 5.84 Å². The minimum Gasteiger partial charge on any atom is -0.271 e. The van der Waals surface area contributed by atoms with Gasteiger partial charge in [-0.2, -0.15) is 0 Å². The third-order valence-electron chi connectivity index (χ3n) is 2.48. The molecule has 0 aliphatic rings. The SMILES string of the molecule is NNC(Cc1cccnc1)c1ncccc1F. The highest BCUT2D eigenvalue weighted by molar-refractivity contribution is 5.17. The van der Waals surface area contributed by atoms with Crippen LogP contribution in [0.25, 0.3) is 0 Å². The third kappa shape index (κ3) is 2.83. The van der Waals surface area contributed by atoms with E-state index in [1.54, 1.807) is 24.7 Å². The number of rotatable bonds is 4. The summed E-state index contributed by atoms with van der Waals surface area (Å²) >= 11 is 0. The van der Waals surface area contributed by atoms with Crippen molar-refractivity contribution in [2.45, 2.75) is 12.5 Å². The van der Waals surface area contributed by atoms with Crippen molar-refractivity contribution in [3.05, 3.63) is 59.9 Å². The molecule has 0 saturated carbocycles. The molecule has 1 atom stereocenters. The van der Waals surface area contributed by atoms with Gasteiger partial charge in [-0.05, 0) is 30.2 Å². The molecule has 17 heavy (non-hydrogen) atoms. The van der Waals surface area contributed by atoms with Gasteiger partial charge < -0.3 is 0 Å². The maximum absolute atomic E-state index is 13.6. The first kappa shape index (κ1) is 11.6. The summed E-state index contributed by atoms with van der Waals surface area (Å²) in [4.78, 5) is 8.01. The Morgan fingerprint density at radius 2 is 2.12 bits per heavy atom. The van der Waals surface area contributed by atoms with Gasteiger partial charge in [0.05, 0.1) is 11.7 Å². The molecule has 1 unspecified atom stereocenters. The number of pyridine rings is 2. The average Bonchev–Trinajstić information content (AvgIpc) is 2.38. The maximum atomic E-state index is 13.6. The standard InChI is InChI=1S/C12H13FN4/c13-10-4-2-6-16-12(10)11(17-14)7-9-3-1-5-15-8-9/h1-6,8,11,17H,7,14H2. The second-order valence-electron chi connectivity index (χ2n) is 3.66. The number of hydrogen-bond donors (Lipinski definition) is 2. The molecule has 0 bridgehead atoms.